The van der Waals surface area contributed by atoms with Crippen LogP contribution >= 0.6 is 23.2 Å². The first kappa shape index (κ1) is 21.3. The fraction of sp³-hybridized carbons (Fsp3) is 0.500. The van der Waals surface area contributed by atoms with Gasteiger partial charge in [-0.2, -0.15) is 5.26 Å². The lowest BCUT2D eigenvalue weighted by Gasteiger charge is -2.39. The molecule has 1 saturated heterocycles. The molecule has 2 aliphatic rings. The Hall–Kier alpha value is -1.41. The quantitative estimate of drug-likeness (QED) is 0.621. The van der Waals surface area contributed by atoms with Crippen molar-refractivity contribution in [1.82, 2.24) is 5.32 Å². The summed E-state index contributed by atoms with van der Waals surface area (Å²) >= 11 is 11.9. The topological polar surface area (TPSA) is 35.8 Å². The lowest BCUT2D eigenvalue weighted by Crippen LogP contribution is -2.48. The van der Waals surface area contributed by atoms with Crippen LogP contribution in [0.3, 0.4) is 0 Å². The van der Waals surface area contributed by atoms with Gasteiger partial charge < -0.3 is 5.32 Å². The highest BCUT2D eigenvalue weighted by Crippen LogP contribution is 2.50. The monoisotopic (exact) mass is 424 g/mol. The molecule has 3 rings (SSSR count). The molecule has 0 spiro atoms. The maximum absolute atomic E-state index is 15.0. The smallest absolute Gasteiger partial charge is 0.129 e. The number of nitriles is 1. The van der Waals surface area contributed by atoms with E-state index in [9.17, 15) is 9.65 Å². The Morgan fingerprint density at radius 1 is 1.29 bits per heavy atom. The molecule has 0 saturated carbocycles. The molecule has 0 amide bonds. The molecule has 1 aromatic rings. The summed E-state index contributed by atoms with van der Waals surface area (Å²) in [7, 11) is 0. The predicted octanol–water partition coefficient (Wildman–Crippen LogP) is 6.26. The number of rotatable bonds is 3. The van der Waals surface area contributed by atoms with E-state index in [2.05, 4.69) is 32.2 Å². The minimum atomic E-state index is -1.21. The first-order chi connectivity index (χ1) is 13.1. The van der Waals surface area contributed by atoms with Gasteiger partial charge in [0, 0.05) is 34.1 Å². The molecule has 1 N–H and O–H groups in total. The summed E-state index contributed by atoms with van der Waals surface area (Å²) in [4.78, 5) is 0. The zero-order valence-electron chi connectivity index (χ0n) is 16.2. The van der Waals surface area contributed by atoms with Crippen LogP contribution < -0.4 is 5.32 Å². The van der Waals surface area contributed by atoms with Crippen molar-refractivity contribution in [2.75, 3.05) is 6.54 Å². The van der Waals surface area contributed by atoms with Crippen LogP contribution in [-0.4, -0.2) is 12.6 Å². The van der Waals surface area contributed by atoms with Gasteiger partial charge in [-0.15, -0.1) is 0 Å². The minimum absolute atomic E-state index is 0.0730. The van der Waals surface area contributed by atoms with E-state index < -0.39 is 23.2 Å². The normalized spacial score (nSPS) is 30.6. The molecule has 1 heterocycles. The van der Waals surface area contributed by atoms with Gasteiger partial charge in [0.15, 0.2) is 0 Å². The van der Waals surface area contributed by atoms with Crippen molar-refractivity contribution in [2.24, 2.45) is 17.3 Å². The fourth-order valence-electron chi connectivity index (χ4n) is 4.66. The van der Waals surface area contributed by atoms with Crippen LogP contribution in [0.5, 0.6) is 0 Å². The SMILES string of the molecule is CC(C)(C)C[C@@H]1CN[C@H](C2CC=C(Cl)C=C2F)[C@@]1(C#N)c1ccc(Cl)cc1F. The van der Waals surface area contributed by atoms with Crippen molar-refractivity contribution in [1.29, 1.82) is 5.26 Å². The van der Waals surface area contributed by atoms with Crippen LogP contribution in [0.1, 0.15) is 39.2 Å². The number of benzene rings is 1. The summed E-state index contributed by atoms with van der Waals surface area (Å²) in [5, 5.41) is 14.4. The number of halogens is 4. The summed E-state index contributed by atoms with van der Waals surface area (Å²) < 4.78 is 29.9. The third kappa shape index (κ3) is 3.85. The van der Waals surface area contributed by atoms with E-state index in [1.54, 1.807) is 18.2 Å². The molecule has 28 heavy (non-hydrogen) atoms. The van der Waals surface area contributed by atoms with E-state index >= 15 is 4.39 Å². The molecule has 4 atom stereocenters. The van der Waals surface area contributed by atoms with Crippen LogP contribution in [0.2, 0.25) is 5.02 Å². The number of nitrogens with one attached hydrogen (secondary N) is 1. The molecule has 150 valence electrons. The van der Waals surface area contributed by atoms with Crippen LogP contribution in [0.4, 0.5) is 8.78 Å². The number of allylic oxidation sites excluding steroid dienone is 3. The van der Waals surface area contributed by atoms with Gasteiger partial charge in [-0.05, 0) is 42.4 Å². The summed E-state index contributed by atoms with van der Waals surface area (Å²) in [6, 6.07) is 6.23. The molecule has 1 aromatic carbocycles. The van der Waals surface area contributed by atoms with Gasteiger partial charge >= 0.3 is 0 Å². The van der Waals surface area contributed by atoms with Crippen molar-refractivity contribution in [3.8, 4) is 6.07 Å². The lowest BCUT2D eigenvalue weighted by atomic mass is 9.62. The van der Waals surface area contributed by atoms with E-state index in [1.807, 2.05) is 0 Å². The Kier molecular flexibility index (Phi) is 5.92. The summed E-state index contributed by atoms with van der Waals surface area (Å²) in [6.45, 7) is 6.78. The van der Waals surface area contributed by atoms with Gasteiger partial charge in [-0.1, -0.05) is 56.1 Å². The molecule has 6 heteroatoms. The van der Waals surface area contributed by atoms with Crippen LogP contribution in [0, 0.1) is 34.4 Å². The zero-order chi connectivity index (χ0) is 20.7. The van der Waals surface area contributed by atoms with Crippen LogP contribution in [0.15, 0.2) is 41.2 Å². The van der Waals surface area contributed by atoms with Gasteiger partial charge in [0.2, 0.25) is 0 Å². The van der Waals surface area contributed by atoms with Crippen molar-refractivity contribution in [2.45, 2.75) is 45.1 Å². The third-order valence-electron chi connectivity index (χ3n) is 5.74. The molecule has 0 aromatic heterocycles. The lowest BCUT2D eigenvalue weighted by molar-refractivity contribution is 0.223. The van der Waals surface area contributed by atoms with Crippen molar-refractivity contribution in [3.05, 3.63) is 57.6 Å². The number of hydrogen-bond acceptors (Lipinski definition) is 2. The van der Waals surface area contributed by atoms with Crippen LogP contribution in [0.25, 0.3) is 0 Å². The Bertz CT molecular complexity index is 866. The van der Waals surface area contributed by atoms with Crippen molar-refractivity contribution >= 4 is 23.2 Å². The Labute approximate surface area is 175 Å². The highest BCUT2D eigenvalue weighted by molar-refractivity contribution is 6.31. The Morgan fingerprint density at radius 3 is 2.57 bits per heavy atom. The van der Waals surface area contributed by atoms with Crippen molar-refractivity contribution in [3.63, 3.8) is 0 Å². The molecule has 1 aliphatic heterocycles. The Balaban J connectivity index is 2.14. The molecule has 1 aliphatic carbocycles. The summed E-state index contributed by atoms with van der Waals surface area (Å²) in [5.41, 5.74) is -1.01. The standard InChI is InChI=1S/C22H24Cl2F2N2/c1-21(2,3)10-13-11-28-20(16-6-4-14(23)8-18(16)25)22(13,12-27)17-7-5-15(24)9-19(17)26/h4-5,7-9,13,16,20,28H,6,10-11H2,1-3H3/t13-,16?,20-,22-/m1/s1. The molecular formula is C22H24Cl2F2N2. The summed E-state index contributed by atoms with van der Waals surface area (Å²) in [6.07, 6.45) is 4.09. The van der Waals surface area contributed by atoms with E-state index in [0.717, 1.165) is 0 Å². The molecule has 1 fully saturated rings. The third-order valence-corrected chi connectivity index (χ3v) is 6.24. The van der Waals surface area contributed by atoms with Gasteiger partial charge in [-0.3, -0.25) is 0 Å². The fourth-order valence-corrected chi connectivity index (χ4v) is 5.01. The second kappa shape index (κ2) is 7.78. The first-order valence-electron chi connectivity index (χ1n) is 9.41. The largest absolute Gasteiger partial charge is 0.311 e. The van der Waals surface area contributed by atoms with Gasteiger partial charge in [0.05, 0.1) is 6.07 Å². The second-order valence-electron chi connectivity index (χ2n) is 8.91. The van der Waals surface area contributed by atoms with Crippen molar-refractivity contribution < 1.29 is 8.78 Å². The predicted molar refractivity (Wildman–Crippen MR) is 109 cm³/mol. The first-order valence-corrected chi connectivity index (χ1v) is 10.2. The highest BCUT2D eigenvalue weighted by atomic mass is 35.5. The van der Waals surface area contributed by atoms with Gasteiger partial charge in [0.1, 0.15) is 17.1 Å². The maximum Gasteiger partial charge on any atom is 0.129 e. The van der Waals surface area contributed by atoms with Gasteiger partial charge in [0.25, 0.3) is 0 Å². The van der Waals surface area contributed by atoms with E-state index in [0.29, 0.717) is 24.4 Å². The number of nitrogens with zero attached hydrogens (tertiary/aromatic N) is 1. The van der Waals surface area contributed by atoms with Gasteiger partial charge in [-0.25, -0.2) is 8.78 Å². The molecule has 1 unspecified atom stereocenters. The molecular weight excluding hydrogens is 401 g/mol. The molecule has 0 bridgehead atoms. The van der Waals surface area contributed by atoms with E-state index in [4.69, 9.17) is 23.2 Å². The highest BCUT2D eigenvalue weighted by Gasteiger charge is 2.57. The maximum atomic E-state index is 15.0. The average Bonchev–Trinajstić information content (AvgIpc) is 2.92. The second-order valence-corrected chi connectivity index (χ2v) is 9.79. The summed E-state index contributed by atoms with van der Waals surface area (Å²) in [5.74, 6) is -1.67. The van der Waals surface area contributed by atoms with E-state index in [1.165, 1.54) is 12.1 Å². The van der Waals surface area contributed by atoms with E-state index in [-0.39, 0.29) is 27.7 Å². The molecule has 2 nitrogen and oxygen atoms in total. The minimum Gasteiger partial charge on any atom is -0.311 e. The molecule has 0 radical (unpaired) electrons. The average molecular weight is 425 g/mol. The Morgan fingerprint density at radius 2 is 2.00 bits per heavy atom. The van der Waals surface area contributed by atoms with Crippen LogP contribution in [-0.2, 0) is 5.41 Å². The number of hydrogen-bond donors (Lipinski definition) is 1. The zero-order valence-corrected chi connectivity index (χ0v) is 17.7.